The number of hydrogen-bond donors (Lipinski definition) is 3. The number of carbonyl (C=O) groups is 1. The number of carbonyl (C=O) groups excluding carboxylic acids is 1. The van der Waals surface area contributed by atoms with Gasteiger partial charge >= 0.3 is 0 Å². The minimum Gasteiger partial charge on any atom is -0.382 e. The molecule has 0 radical (unpaired) electrons. The Morgan fingerprint density at radius 2 is 2.35 bits per heavy atom. The number of H-pyrrole nitrogens is 1. The third kappa shape index (κ3) is 2.51. The largest absolute Gasteiger partial charge is 0.382 e. The van der Waals surface area contributed by atoms with Crippen molar-refractivity contribution in [3.05, 3.63) is 23.9 Å². The zero-order chi connectivity index (χ0) is 12.3. The van der Waals surface area contributed by atoms with Crippen LogP contribution in [0.2, 0.25) is 0 Å². The summed E-state index contributed by atoms with van der Waals surface area (Å²) in [6, 6.07) is -0.385. The molecule has 2 heterocycles. The molecule has 2 aromatic heterocycles. The molecule has 0 aliphatic carbocycles. The third-order valence-electron chi connectivity index (χ3n) is 1.98. The molecule has 0 aliphatic heterocycles. The highest BCUT2D eigenvalue weighted by Crippen LogP contribution is 2.05. The number of amides is 1. The van der Waals surface area contributed by atoms with E-state index in [-0.39, 0.29) is 17.6 Å². The lowest BCUT2D eigenvalue weighted by Crippen LogP contribution is -2.28. The number of nitrogens with zero attached hydrogens (tertiary/aromatic N) is 5. The Hall–Kier alpha value is -2.58. The van der Waals surface area contributed by atoms with Gasteiger partial charge in [-0.3, -0.25) is 9.78 Å². The van der Waals surface area contributed by atoms with Crippen molar-refractivity contribution in [1.29, 1.82) is 0 Å². The van der Waals surface area contributed by atoms with Gasteiger partial charge in [0, 0.05) is 0 Å². The van der Waals surface area contributed by atoms with E-state index in [0.717, 1.165) is 0 Å². The van der Waals surface area contributed by atoms with E-state index in [1.54, 1.807) is 6.92 Å². The van der Waals surface area contributed by atoms with Gasteiger partial charge in [0.1, 0.15) is 11.5 Å². The number of nitrogens with two attached hydrogens (primary N) is 1. The summed E-state index contributed by atoms with van der Waals surface area (Å²) in [7, 11) is 0. The second kappa shape index (κ2) is 4.51. The van der Waals surface area contributed by atoms with Crippen LogP contribution in [0.3, 0.4) is 0 Å². The van der Waals surface area contributed by atoms with Crippen LogP contribution >= 0.6 is 0 Å². The topological polar surface area (TPSA) is 135 Å². The lowest BCUT2D eigenvalue weighted by Gasteiger charge is -2.09. The van der Waals surface area contributed by atoms with Crippen molar-refractivity contribution >= 4 is 11.7 Å². The molecule has 17 heavy (non-hydrogen) atoms. The zero-order valence-corrected chi connectivity index (χ0v) is 8.95. The molecule has 0 bridgehead atoms. The summed E-state index contributed by atoms with van der Waals surface area (Å²) in [5, 5.41) is 15.9. The van der Waals surface area contributed by atoms with Crippen LogP contribution in [0, 0.1) is 0 Å². The first kappa shape index (κ1) is 10.9. The summed E-state index contributed by atoms with van der Waals surface area (Å²) >= 11 is 0. The van der Waals surface area contributed by atoms with Crippen LogP contribution in [0.15, 0.2) is 12.4 Å². The number of hydrogen-bond acceptors (Lipinski definition) is 7. The highest BCUT2D eigenvalue weighted by molar-refractivity contribution is 5.92. The normalized spacial score (nSPS) is 12.1. The second-order valence-corrected chi connectivity index (χ2v) is 3.29. The minimum atomic E-state index is -0.401. The maximum Gasteiger partial charge on any atom is 0.272 e. The number of nitrogen functional groups attached to an aromatic ring is 1. The molecular weight excluding hydrogens is 224 g/mol. The van der Waals surface area contributed by atoms with Crippen LogP contribution in [-0.2, 0) is 0 Å². The molecule has 0 saturated heterocycles. The quantitative estimate of drug-likeness (QED) is 0.623. The van der Waals surface area contributed by atoms with Gasteiger partial charge in [-0.05, 0) is 6.92 Å². The van der Waals surface area contributed by atoms with E-state index < -0.39 is 5.91 Å². The number of rotatable bonds is 3. The van der Waals surface area contributed by atoms with Gasteiger partial charge in [0.15, 0.2) is 5.82 Å². The van der Waals surface area contributed by atoms with E-state index in [2.05, 4.69) is 35.9 Å². The molecule has 2 aromatic rings. The highest BCUT2D eigenvalue weighted by atomic mass is 16.2. The predicted molar refractivity (Wildman–Crippen MR) is 56.5 cm³/mol. The van der Waals surface area contributed by atoms with Gasteiger partial charge < -0.3 is 11.1 Å². The van der Waals surface area contributed by atoms with Crippen molar-refractivity contribution in [1.82, 2.24) is 35.9 Å². The lowest BCUT2D eigenvalue weighted by atomic mass is 10.3. The predicted octanol–water partition coefficient (Wildman–Crippen LogP) is -0.937. The summed E-state index contributed by atoms with van der Waals surface area (Å²) in [6.45, 7) is 1.72. The highest BCUT2D eigenvalue weighted by Gasteiger charge is 2.15. The van der Waals surface area contributed by atoms with Crippen molar-refractivity contribution in [2.75, 3.05) is 5.73 Å². The van der Waals surface area contributed by atoms with Gasteiger partial charge in [-0.15, -0.1) is 10.2 Å². The van der Waals surface area contributed by atoms with Crippen molar-refractivity contribution in [2.45, 2.75) is 13.0 Å². The molecule has 0 spiro atoms. The molecule has 0 aliphatic rings. The number of aromatic amines is 1. The van der Waals surface area contributed by atoms with Crippen LogP contribution < -0.4 is 11.1 Å². The lowest BCUT2D eigenvalue weighted by molar-refractivity contribution is 0.0933. The van der Waals surface area contributed by atoms with Gasteiger partial charge in [-0.2, -0.15) is 5.21 Å². The molecule has 4 N–H and O–H groups in total. The molecule has 1 atom stereocenters. The van der Waals surface area contributed by atoms with Crippen molar-refractivity contribution in [3.63, 3.8) is 0 Å². The van der Waals surface area contributed by atoms with Crippen LogP contribution in [-0.4, -0.2) is 36.5 Å². The first-order valence-corrected chi connectivity index (χ1v) is 4.78. The van der Waals surface area contributed by atoms with Crippen molar-refractivity contribution in [3.8, 4) is 0 Å². The smallest absolute Gasteiger partial charge is 0.272 e. The van der Waals surface area contributed by atoms with Crippen molar-refractivity contribution < 1.29 is 4.79 Å². The third-order valence-corrected chi connectivity index (χ3v) is 1.98. The Kier molecular flexibility index (Phi) is 2.90. The molecule has 1 amide bonds. The number of nitrogens with one attached hydrogen (secondary N) is 2. The Bertz CT molecular complexity index is 510. The summed E-state index contributed by atoms with van der Waals surface area (Å²) in [5.41, 5.74) is 5.57. The van der Waals surface area contributed by atoms with Gasteiger partial charge in [-0.25, -0.2) is 4.98 Å². The summed E-state index contributed by atoms with van der Waals surface area (Å²) in [4.78, 5) is 19.4. The fourth-order valence-corrected chi connectivity index (χ4v) is 1.18. The summed E-state index contributed by atoms with van der Waals surface area (Å²) < 4.78 is 0. The zero-order valence-electron chi connectivity index (χ0n) is 8.95. The number of tetrazole rings is 1. The number of anilines is 1. The van der Waals surface area contributed by atoms with Gasteiger partial charge in [0.25, 0.3) is 5.91 Å². The molecule has 9 nitrogen and oxygen atoms in total. The van der Waals surface area contributed by atoms with Gasteiger partial charge in [0.2, 0.25) is 0 Å². The van der Waals surface area contributed by atoms with Crippen LogP contribution in [0.4, 0.5) is 5.82 Å². The molecule has 9 heteroatoms. The molecule has 0 fully saturated rings. The number of aromatic nitrogens is 6. The maximum absolute atomic E-state index is 11.7. The average Bonchev–Trinajstić information content (AvgIpc) is 2.82. The van der Waals surface area contributed by atoms with E-state index in [1.165, 1.54) is 12.4 Å². The Morgan fingerprint density at radius 1 is 1.53 bits per heavy atom. The average molecular weight is 234 g/mol. The molecule has 88 valence electrons. The molecule has 0 aromatic carbocycles. The van der Waals surface area contributed by atoms with E-state index in [1.807, 2.05) is 0 Å². The van der Waals surface area contributed by atoms with Gasteiger partial charge in [0.05, 0.1) is 18.4 Å². The van der Waals surface area contributed by atoms with E-state index in [4.69, 9.17) is 5.73 Å². The van der Waals surface area contributed by atoms with E-state index in [9.17, 15) is 4.79 Å². The Balaban J connectivity index is 2.07. The maximum atomic E-state index is 11.7. The SMILES string of the molecule is CC(NC(=O)c1cncc(N)n1)c1nn[nH]n1. The molecular formula is C8H10N8O. The Morgan fingerprint density at radius 3 is 3.00 bits per heavy atom. The van der Waals surface area contributed by atoms with Crippen LogP contribution in [0.5, 0.6) is 0 Å². The van der Waals surface area contributed by atoms with Crippen molar-refractivity contribution in [2.24, 2.45) is 0 Å². The fraction of sp³-hybridized carbons (Fsp3) is 0.250. The van der Waals surface area contributed by atoms with Crippen LogP contribution in [0.1, 0.15) is 29.3 Å². The molecule has 2 rings (SSSR count). The van der Waals surface area contributed by atoms with Crippen LogP contribution in [0.25, 0.3) is 0 Å². The molecule has 1 unspecified atom stereocenters. The molecule has 0 saturated carbocycles. The summed E-state index contributed by atoms with van der Waals surface area (Å²) in [5.74, 6) is 0.169. The Labute approximate surface area is 95.8 Å². The minimum absolute atomic E-state index is 0.139. The fourth-order valence-electron chi connectivity index (χ4n) is 1.18. The van der Waals surface area contributed by atoms with E-state index >= 15 is 0 Å². The summed E-state index contributed by atoms with van der Waals surface area (Å²) in [6.07, 6.45) is 2.69. The standard InChI is InChI=1S/C8H10N8O/c1-4(7-13-15-16-14-7)11-8(17)5-2-10-3-6(9)12-5/h2-4H,1H3,(H2,9,12)(H,11,17)(H,13,14,15,16). The van der Waals surface area contributed by atoms with E-state index in [0.29, 0.717) is 5.82 Å². The second-order valence-electron chi connectivity index (χ2n) is 3.29. The first-order valence-electron chi connectivity index (χ1n) is 4.78. The monoisotopic (exact) mass is 234 g/mol. The first-order chi connectivity index (χ1) is 8.16. The van der Waals surface area contributed by atoms with Gasteiger partial charge in [-0.1, -0.05) is 5.21 Å².